The first-order valence-electron chi connectivity index (χ1n) is 13.3. The lowest BCUT2D eigenvalue weighted by Gasteiger charge is -2.19. The molecule has 6 nitrogen and oxygen atoms in total. The second-order valence-corrected chi connectivity index (χ2v) is 11.4. The molecule has 6 aromatic rings. The van der Waals surface area contributed by atoms with Crippen LogP contribution in [0.25, 0.3) is 39.3 Å². The highest BCUT2D eigenvalue weighted by Crippen LogP contribution is 2.47. The van der Waals surface area contributed by atoms with E-state index in [1.54, 1.807) is 11.8 Å². The molecular weight excluding hydrogens is 582 g/mol. The minimum atomic E-state index is -4.94. The van der Waals surface area contributed by atoms with Gasteiger partial charge in [-0.1, -0.05) is 90.6 Å². The first-order valence-corrected chi connectivity index (χ1v) is 15.4. The monoisotopic (exact) mass is 605 g/mol. The van der Waals surface area contributed by atoms with Crippen molar-refractivity contribution in [2.45, 2.75) is 9.79 Å². The molecule has 1 aliphatic heterocycles. The molecule has 43 heavy (non-hydrogen) atoms. The Labute approximate surface area is 255 Å². The minimum absolute atomic E-state index is 0.890. The summed E-state index contributed by atoms with van der Waals surface area (Å²) in [6, 6.07) is 51.2. The Morgan fingerprint density at radius 2 is 0.930 bits per heavy atom. The molecule has 5 aromatic carbocycles. The van der Waals surface area contributed by atoms with Crippen molar-refractivity contribution in [3.63, 3.8) is 0 Å². The standard InChI is InChI=1S/C35H24NOS.ClHO4/c1-4-12-25(13-5-1)28-22-30(26-14-6-2-7-15-26)36(31(23-28)27-16-8-3-9-17-27)29-20-21-33-35(24-29)38-34-19-11-10-18-32(34)37-33;2-1(3,4)5/h1-24H;(H,2,3,4,5)/q+1;/p-1. The van der Waals surface area contributed by atoms with Crippen molar-refractivity contribution in [2.75, 3.05) is 0 Å². The number of rotatable bonds is 4. The third-order valence-electron chi connectivity index (χ3n) is 6.79. The Hall–Kier alpha value is -4.47. The molecule has 7 rings (SSSR count). The molecule has 0 saturated carbocycles. The Morgan fingerprint density at radius 3 is 1.49 bits per heavy atom. The van der Waals surface area contributed by atoms with E-state index in [9.17, 15) is 0 Å². The normalized spacial score (nSPS) is 11.8. The molecule has 0 amide bonds. The highest BCUT2D eigenvalue weighted by atomic mass is 35.7. The minimum Gasteiger partial charge on any atom is -0.455 e. The van der Waals surface area contributed by atoms with E-state index in [0.29, 0.717) is 0 Å². The quantitative estimate of drug-likeness (QED) is 0.274. The number of ether oxygens (including phenoxy) is 1. The topological polar surface area (TPSA) is 105 Å². The SMILES string of the molecule is [O-][Cl+3]([O-])([O-])[O-].c1ccc(-c2cc(-c3ccccc3)[n+](-c3ccc4c(c3)Sc3ccccc3O4)c(-c3ccccc3)c2)cc1. The third kappa shape index (κ3) is 6.79. The molecule has 0 fully saturated rings. The number of para-hydroxylation sites is 1. The van der Waals surface area contributed by atoms with E-state index in [-0.39, 0.29) is 0 Å². The number of pyridine rings is 1. The van der Waals surface area contributed by atoms with Gasteiger partial charge in [0, 0.05) is 35.4 Å². The van der Waals surface area contributed by atoms with Gasteiger partial charge in [0.05, 0.1) is 9.79 Å². The van der Waals surface area contributed by atoms with Crippen molar-refractivity contribution in [3.8, 4) is 50.8 Å². The second-order valence-electron chi connectivity index (χ2n) is 9.61. The van der Waals surface area contributed by atoms with Crippen molar-refractivity contribution < 1.29 is 38.2 Å². The highest BCUT2D eigenvalue weighted by Gasteiger charge is 2.27. The first-order chi connectivity index (χ1) is 20.8. The fraction of sp³-hybridized carbons (Fsp3) is 0. The van der Waals surface area contributed by atoms with Crippen molar-refractivity contribution >= 4 is 11.8 Å². The van der Waals surface area contributed by atoms with Crippen LogP contribution in [0.5, 0.6) is 11.5 Å². The molecule has 0 radical (unpaired) electrons. The van der Waals surface area contributed by atoms with Crippen molar-refractivity contribution in [3.05, 3.63) is 146 Å². The predicted molar refractivity (Wildman–Crippen MR) is 155 cm³/mol. The van der Waals surface area contributed by atoms with Gasteiger partial charge in [0.1, 0.15) is 11.5 Å². The van der Waals surface area contributed by atoms with Crippen LogP contribution in [-0.4, -0.2) is 0 Å². The fourth-order valence-corrected chi connectivity index (χ4v) is 5.95. The lowest BCUT2D eigenvalue weighted by atomic mass is 9.98. The van der Waals surface area contributed by atoms with Gasteiger partial charge in [0.15, 0.2) is 0 Å². The summed E-state index contributed by atoms with van der Waals surface area (Å²) in [6.45, 7) is 0. The second kappa shape index (κ2) is 12.4. The summed E-state index contributed by atoms with van der Waals surface area (Å²) < 4.78 is 42.6. The maximum absolute atomic E-state index is 8.49. The molecule has 0 aliphatic carbocycles. The van der Waals surface area contributed by atoms with E-state index in [1.807, 2.05) is 12.1 Å². The van der Waals surface area contributed by atoms with Crippen molar-refractivity contribution in [1.82, 2.24) is 0 Å². The Morgan fingerprint density at radius 1 is 0.465 bits per heavy atom. The van der Waals surface area contributed by atoms with Gasteiger partial charge in [-0.3, -0.25) is 0 Å². The molecule has 8 heteroatoms. The van der Waals surface area contributed by atoms with Crippen LogP contribution in [0.2, 0.25) is 0 Å². The molecule has 0 bridgehead atoms. The third-order valence-corrected chi connectivity index (χ3v) is 7.88. The van der Waals surface area contributed by atoms with Crippen LogP contribution in [0.15, 0.2) is 155 Å². The van der Waals surface area contributed by atoms with Crippen LogP contribution >= 0.6 is 11.8 Å². The molecule has 1 aliphatic rings. The van der Waals surface area contributed by atoms with E-state index in [2.05, 4.69) is 138 Å². The first kappa shape index (κ1) is 28.6. The zero-order chi connectivity index (χ0) is 29.8. The predicted octanol–water partition coefficient (Wildman–Crippen LogP) is 4.47. The Kier molecular flexibility index (Phi) is 8.26. The molecule has 1 aromatic heterocycles. The molecule has 0 saturated heterocycles. The van der Waals surface area contributed by atoms with Gasteiger partial charge in [0.25, 0.3) is 0 Å². The smallest absolute Gasteiger partial charge is 0.219 e. The van der Waals surface area contributed by atoms with E-state index in [0.717, 1.165) is 49.5 Å². The Bertz CT molecular complexity index is 1800. The van der Waals surface area contributed by atoms with Crippen LogP contribution < -0.4 is 27.9 Å². The number of halogens is 1. The highest BCUT2D eigenvalue weighted by molar-refractivity contribution is 7.99. The zero-order valence-electron chi connectivity index (χ0n) is 22.6. The lowest BCUT2D eigenvalue weighted by molar-refractivity contribution is -2.00. The summed E-state index contributed by atoms with van der Waals surface area (Å²) in [4.78, 5) is 2.24. The molecule has 2 heterocycles. The number of aromatic nitrogens is 1. The summed E-state index contributed by atoms with van der Waals surface area (Å²) in [6.07, 6.45) is 0. The van der Waals surface area contributed by atoms with Crippen LogP contribution in [0.1, 0.15) is 0 Å². The molecule has 0 atom stereocenters. The fourth-order valence-electron chi connectivity index (χ4n) is 4.97. The number of nitrogens with zero attached hydrogens (tertiary/aromatic N) is 1. The summed E-state index contributed by atoms with van der Waals surface area (Å²) in [5.74, 6) is 1.80. The molecule has 0 unspecified atom stereocenters. The summed E-state index contributed by atoms with van der Waals surface area (Å²) >= 11 is 1.76. The van der Waals surface area contributed by atoms with Crippen LogP contribution in [0.3, 0.4) is 0 Å². The van der Waals surface area contributed by atoms with Gasteiger partial charge in [-0.2, -0.15) is 4.57 Å². The van der Waals surface area contributed by atoms with Crippen LogP contribution in [0, 0.1) is 10.2 Å². The van der Waals surface area contributed by atoms with E-state index >= 15 is 0 Å². The van der Waals surface area contributed by atoms with Crippen LogP contribution in [0.4, 0.5) is 0 Å². The van der Waals surface area contributed by atoms with Gasteiger partial charge in [-0.25, -0.2) is 18.6 Å². The summed E-state index contributed by atoms with van der Waals surface area (Å²) in [5.41, 5.74) is 8.06. The van der Waals surface area contributed by atoms with E-state index in [4.69, 9.17) is 23.4 Å². The molecule has 0 spiro atoms. The van der Waals surface area contributed by atoms with Crippen molar-refractivity contribution in [1.29, 1.82) is 0 Å². The lowest BCUT2D eigenvalue weighted by Crippen LogP contribution is -2.68. The van der Waals surface area contributed by atoms with Gasteiger partial charge in [-0.05, 0) is 53.6 Å². The van der Waals surface area contributed by atoms with E-state index in [1.165, 1.54) is 11.1 Å². The van der Waals surface area contributed by atoms with Gasteiger partial charge < -0.3 is 4.74 Å². The maximum atomic E-state index is 8.49. The summed E-state index contributed by atoms with van der Waals surface area (Å²) in [5, 5.41) is 0. The van der Waals surface area contributed by atoms with E-state index < -0.39 is 10.2 Å². The van der Waals surface area contributed by atoms with Gasteiger partial charge in [0.2, 0.25) is 17.1 Å². The van der Waals surface area contributed by atoms with Crippen molar-refractivity contribution in [2.24, 2.45) is 0 Å². The number of benzene rings is 5. The summed E-state index contributed by atoms with van der Waals surface area (Å²) in [7, 11) is -4.94. The van der Waals surface area contributed by atoms with Gasteiger partial charge >= 0.3 is 0 Å². The molecule has 0 N–H and O–H groups in total. The van der Waals surface area contributed by atoms with Gasteiger partial charge in [-0.15, -0.1) is 10.2 Å². The maximum Gasteiger partial charge on any atom is 0.219 e. The number of hydrogen-bond acceptors (Lipinski definition) is 6. The van der Waals surface area contributed by atoms with Crippen LogP contribution in [-0.2, 0) is 0 Å². The average molecular weight is 606 g/mol. The molecular formula is C35H24ClNO5S. The number of hydrogen-bond donors (Lipinski definition) is 0. The number of fused-ring (bicyclic) bond motifs is 2. The zero-order valence-corrected chi connectivity index (χ0v) is 24.2. The molecule has 212 valence electrons. The largest absolute Gasteiger partial charge is 0.455 e. The Balaban J connectivity index is 0.000000611. The average Bonchev–Trinajstić information content (AvgIpc) is 3.03.